The first kappa shape index (κ1) is 18.5. The zero-order valence-electron chi connectivity index (χ0n) is 16.0. The molecule has 7 nitrogen and oxygen atoms in total. The Morgan fingerprint density at radius 2 is 1.93 bits per heavy atom. The van der Waals surface area contributed by atoms with Crippen LogP contribution in [0.3, 0.4) is 0 Å². The minimum atomic E-state index is -0.238. The van der Waals surface area contributed by atoms with Crippen molar-refractivity contribution in [3.63, 3.8) is 0 Å². The lowest BCUT2D eigenvalue weighted by Gasteiger charge is -2.13. The molecule has 3 aromatic heterocycles. The summed E-state index contributed by atoms with van der Waals surface area (Å²) < 4.78 is 5.47. The summed E-state index contributed by atoms with van der Waals surface area (Å²) >= 11 is 1.51. The van der Waals surface area contributed by atoms with Gasteiger partial charge in [0.1, 0.15) is 5.75 Å². The number of methoxy groups -OCH3 is 1. The molecule has 0 fully saturated rings. The second-order valence-corrected chi connectivity index (χ2v) is 7.75. The van der Waals surface area contributed by atoms with Crippen LogP contribution in [-0.4, -0.2) is 34.5 Å². The Kier molecular flexibility index (Phi) is 5.06. The van der Waals surface area contributed by atoms with Crippen LogP contribution in [0.4, 0.5) is 5.13 Å². The Hall–Kier alpha value is -2.84. The highest BCUT2D eigenvalue weighted by Gasteiger charge is 2.20. The smallest absolute Gasteiger partial charge is 0.259 e. The summed E-state index contributed by atoms with van der Waals surface area (Å²) in [6, 6.07) is 3.81. The molecule has 0 unspecified atom stereocenters. The zero-order chi connectivity index (χ0) is 19.7. The molecule has 8 heteroatoms. The molecule has 0 spiro atoms. The van der Waals surface area contributed by atoms with Crippen LogP contribution in [-0.2, 0) is 13.0 Å². The minimum absolute atomic E-state index is 0.238. The van der Waals surface area contributed by atoms with Gasteiger partial charge in [-0.3, -0.25) is 20.1 Å². The molecule has 0 saturated carbocycles. The summed E-state index contributed by atoms with van der Waals surface area (Å²) in [6.45, 7) is 5.52. The van der Waals surface area contributed by atoms with Crippen molar-refractivity contribution in [2.75, 3.05) is 19.0 Å². The molecule has 0 atom stereocenters. The van der Waals surface area contributed by atoms with Crippen molar-refractivity contribution < 1.29 is 9.53 Å². The average Bonchev–Trinajstić information content (AvgIpc) is 3.10. The maximum Gasteiger partial charge on any atom is 0.259 e. The van der Waals surface area contributed by atoms with Crippen LogP contribution in [0, 0.1) is 13.8 Å². The third kappa shape index (κ3) is 3.61. The molecule has 28 heavy (non-hydrogen) atoms. The Morgan fingerprint density at radius 3 is 2.68 bits per heavy atom. The van der Waals surface area contributed by atoms with Gasteiger partial charge in [0, 0.05) is 53.1 Å². The minimum Gasteiger partial charge on any atom is -0.494 e. The number of hydrogen-bond donors (Lipinski definition) is 2. The van der Waals surface area contributed by atoms with E-state index in [1.807, 2.05) is 26.0 Å². The number of nitrogens with one attached hydrogen (secondary N) is 2. The molecular formula is C20H21N5O2S. The molecular weight excluding hydrogens is 374 g/mol. The van der Waals surface area contributed by atoms with Crippen LogP contribution in [0.1, 0.15) is 32.3 Å². The van der Waals surface area contributed by atoms with E-state index in [0.717, 1.165) is 47.7 Å². The predicted molar refractivity (Wildman–Crippen MR) is 109 cm³/mol. The van der Waals surface area contributed by atoms with Gasteiger partial charge in [0.25, 0.3) is 5.91 Å². The Bertz CT molecular complexity index is 1020. The number of ether oxygens (including phenoxy) is 1. The van der Waals surface area contributed by atoms with Gasteiger partial charge in [-0.15, -0.1) is 11.3 Å². The van der Waals surface area contributed by atoms with Gasteiger partial charge in [-0.2, -0.15) is 0 Å². The van der Waals surface area contributed by atoms with E-state index in [2.05, 4.69) is 25.6 Å². The highest BCUT2D eigenvalue weighted by Crippen LogP contribution is 2.33. The van der Waals surface area contributed by atoms with Gasteiger partial charge < -0.3 is 10.1 Å². The molecule has 2 N–H and O–H groups in total. The second kappa shape index (κ2) is 7.65. The number of pyridine rings is 2. The van der Waals surface area contributed by atoms with Gasteiger partial charge in [0.05, 0.1) is 24.6 Å². The Labute approximate surface area is 167 Å². The molecule has 0 aromatic carbocycles. The Balaban J connectivity index is 1.71. The summed E-state index contributed by atoms with van der Waals surface area (Å²) in [4.78, 5) is 27.4. The van der Waals surface area contributed by atoms with Crippen LogP contribution in [0.5, 0.6) is 5.75 Å². The lowest BCUT2D eigenvalue weighted by molar-refractivity contribution is 0.102. The van der Waals surface area contributed by atoms with E-state index in [4.69, 9.17) is 4.74 Å². The van der Waals surface area contributed by atoms with Gasteiger partial charge in [0.15, 0.2) is 5.13 Å². The number of aryl methyl sites for hydroxylation is 2. The first-order valence-electron chi connectivity index (χ1n) is 9.03. The summed E-state index contributed by atoms with van der Waals surface area (Å²) in [5.41, 5.74) is 4.77. The van der Waals surface area contributed by atoms with Gasteiger partial charge in [-0.25, -0.2) is 4.98 Å². The number of hydrogen-bond acceptors (Lipinski definition) is 7. The fraction of sp³-hybridized carbons (Fsp3) is 0.300. The number of nitrogens with zero attached hydrogens (tertiary/aromatic N) is 3. The van der Waals surface area contributed by atoms with E-state index < -0.39 is 0 Å². The number of rotatable bonds is 4. The molecule has 1 amide bonds. The molecule has 1 aliphatic rings. The predicted octanol–water partition coefficient (Wildman–Crippen LogP) is 3.12. The number of carbonyl (C=O) groups excluding carboxylic acids is 1. The quantitative estimate of drug-likeness (QED) is 0.706. The van der Waals surface area contributed by atoms with Crippen LogP contribution in [0.25, 0.3) is 11.1 Å². The highest BCUT2D eigenvalue weighted by atomic mass is 32.1. The van der Waals surface area contributed by atoms with Crippen molar-refractivity contribution >= 4 is 22.4 Å². The molecule has 4 rings (SSSR count). The van der Waals surface area contributed by atoms with E-state index in [-0.39, 0.29) is 5.91 Å². The average molecular weight is 395 g/mol. The van der Waals surface area contributed by atoms with Gasteiger partial charge in [-0.05, 0) is 26.0 Å². The SMILES string of the molecule is COc1cnc(C)cc1-c1cc(C)ncc1C(=O)Nc1nc2c(s1)CNCC2. The van der Waals surface area contributed by atoms with Crippen molar-refractivity contribution in [1.82, 2.24) is 20.3 Å². The fourth-order valence-corrected chi connectivity index (χ4v) is 4.20. The first-order chi connectivity index (χ1) is 13.5. The monoisotopic (exact) mass is 395 g/mol. The largest absolute Gasteiger partial charge is 0.494 e. The molecule has 0 saturated heterocycles. The molecule has 0 aliphatic carbocycles. The van der Waals surface area contributed by atoms with Crippen molar-refractivity contribution in [3.8, 4) is 16.9 Å². The topological polar surface area (TPSA) is 89.0 Å². The lowest BCUT2D eigenvalue weighted by atomic mass is 9.99. The van der Waals surface area contributed by atoms with Crippen LogP contribution in [0.2, 0.25) is 0 Å². The zero-order valence-corrected chi connectivity index (χ0v) is 16.8. The summed E-state index contributed by atoms with van der Waals surface area (Å²) in [7, 11) is 1.60. The number of thiazole rings is 1. The van der Waals surface area contributed by atoms with Gasteiger partial charge in [-0.1, -0.05) is 0 Å². The van der Waals surface area contributed by atoms with Crippen molar-refractivity contribution in [1.29, 1.82) is 0 Å². The highest BCUT2D eigenvalue weighted by molar-refractivity contribution is 7.15. The molecule has 144 valence electrons. The van der Waals surface area contributed by atoms with E-state index in [1.54, 1.807) is 19.5 Å². The first-order valence-corrected chi connectivity index (χ1v) is 9.85. The third-order valence-corrected chi connectivity index (χ3v) is 5.64. The second-order valence-electron chi connectivity index (χ2n) is 6.67. The number of anilines is 1. The third-order valence-electron chi connectivity index (χ3n) is 4.62. The fourth-order valence-electron chi connectivity index (χ4n) is 3.23. The van der Waals surface area contributed by atoms with Crippen molar-refractivity contribution in [2.45, 2.75) is 26.8 Å². The number of aromatic nitrogens is 3. The molecule has 4 heterocycles. The maximum absolute atomic E-state index is 13.1. The van der Waals surface area contributed by atoms with E-state index in [9.17, 15) is 4.79 Å². The van der Waals surface area contributed by atoms with Gasteiger partial charge in [0.2, 0.25) is 0 Å². The number of amides is 1. The number of fused-ring (bicyclic) bond motifs is 1. The lowest BCUT2D eigenvalue weighted by Crippen LogP contribution is -2.22. The maximum atomic E-state index is 13.1. The van der Waals surface area contributed by atoms with Crippen LogP contribution in [0.15, 0.2) is 24.5 Å². The van der Waals surface area contributed by atoms with Crippen LogP contribution < -0.4 is 15.4 Å². The van der Waals surface area contributed by atoms with E-state index in [1.165, 1.54) is 16.2 Å². The van der Waals surface area contributed by atoms with E-state index in [0.29, 0.717) is 16.4 Å². The Morgan fingerprint density at radius 1 is 1.18 bits per heavy atom. The normalized spacial score (nSPS) is 13.1. The molecule has 3 aromatic rings. The summed E-state index contributed by atoms with van der Waals surface area (Å²) in [6.07, 6.45) is 4.15. The summed E-state index contributed by atoms with van der Waals surface area (Å²) in [5, 5.41) is 6.88. The van der Waals surface area contributed by atoms with Crippen molar-refractivity contribution in [3.05, 3.63) is 52.0 Å². The van der Waals surface area contributed by atoms with Gasteiger partial charge >= 0.3 is 0 Å². The van der Waals surface area contributed by atoms with Crippen LogP contribution >= 0.6 is 11.3 Å². The standard InChI is InChI=1S/C20H21N5O2S/c1-11-6-13(14-7-12(2)23-9-17(14)27-3)15(8-22-11)19(26)25-20-24-16-4-5-21-10-18(16)28-20/h6-9,21H,4-5,10H2,1-3H3,(H,24,25,26). The molecule has 0 bridgehead atoms. The van der Waals surface area contributed by atoms with Crippen molar-refractivity contribution in [2.24, 2.45) is 0 Å². The van der Waals surface area contributed by atoms with E-state index >= 15 is 0 Å². The summed E-state index contributed by atoms with van der Waals surface area (Å²) in [5.74, 6) is 0.374. The molecule has 1 aliphatic heterocycles. The molecule has 0 radical (unpaired) electrons. The number of carbonyl (C=O) groups is 1.